The van der Waals surface area contributed by atoms with Gasteiger partial charge in [0.2, 0.25) is 0 Å². The van der Waals surface area contributed by atoms with Crippen molar-refractivity contribution in [2.75, 3.05) is 44.3 Å². The number of nitrogens with zero attached hydrogens (tertiary/aromatic N) is 3. The van der Waals surface area contributed by atoms with Gasteiger partial charge in [-0.15, -0.1) is 0 Å². The Hall–Kier alpha value is -1.80. The maximum atomic E-state index is 13.3. The van der Waals surface area contributed by atoms with E-state index in [0.717, 1.165) is 59.1 Å². The minimum Gasteiger partial charge on any atom is -0.379 e. The molecule has 0 bridgehead atoms. The number of hydrogen-bond acceptors (Lipinski definition) is 5. The molecular weight excluding hydrogens is 438 g/mol. The molecule has 0 unspecified atom stereocenters. The van der Waals surface area contributed by atoms with Gasteiger partial charge in [-0.2, -0.15) is 0 Å². The summed E-state index contributed by atoms with van der Waals surface area (Å²) in [5.41, 5.74) is 1.60. The molecule has 4 rings (SSSR count). The average Bonchev–Trinajstić information content (AvgIpc) is 3.15. The molecule has 1 aliphatic rings. The van der Waals surface area contributed by atoms with Gasteiger partial charge in [0.25, 0.3) is 5.91 Å². The molecule has 7 heteroatoms. The lowest BCUT2D eigenvalue weighted by Gasteiger charge is -2.27. The molecule has 0 saturated carbocycles. The summed E-state index contributed by atoms with van der Waals surface area (Å²) in [6.45, 7) is 5.09. The van der Waals surface area contributed by atoms with E-state index >= 15 is 0 Å². The van der Waals surface area contributed by atoms with E-state index < -0.39 is 0 Å². The number of ether oxygens (including phenoxy) is 1. The van der Waals surface area contributed by atoms with Crippen LogP contribution in [0.15, 0.2) is 53.0 Å². The first kappa shape index (κ1) is 19.5. The van der Waals surface area contributed by atoms with Gasteiger partial charge in [-0.3, -0.25) is 14.6 Å². The standard InChI is InChI=1S/C21H22BrN3O2S/c22-17-6-3-5-16(15-17)20(26)25(10-4-9-24-11-13-27-14-12-24)21-23-18-7-1-2-8-19(18)28-21/h1-3,5-8,15H,4,9-14H2. The SMILES string of the molecule is O=C(c1cccc(Br)c1)N(CCCN1CCOCC1)c1nc2ccccc2s1. The molecule has 1 amide bonds. The lowest BCUT2D eigenvalue weighted by Crippen LogP contribution is -2.39. The molecule has 1 aromatic heterocycles. The van der Waals surface area contributed by atoms with E-state index in [1.807, 2.05) is 53.4 Å². The van der Waals surface area contributed by atoms with Crippen molar-refractivity contribution in [3.05, 3.63) is 58.6 Å². The zero-order chi connectivity index (χ0) is 19.3. The van der Waals surface area contributed by atoms with Gasteiger partial charge in [0.05, 0.1) is 23.4 Å². The molecule has 3 aromatic rings. The minimum atomic E-state index is -0.0117. The van der Waals surface area contributed by atoms with E-state index in [1.54, 1.807) is 11.3 Å². The predicted molar refractivity (Wildman–Crippen MR) is 117 cm³/mol. The number of anilines is 1. The molecule has 0 atom stereocenters. The molecule has 1 saturated heterocycles. The molecule has 28 heavy (non-hydrogen) atoms. The van der Waals surface area contributed by atoms with E-state index in [9.17, 15) is 4.79 Å². The number of rotatable bonds is 6. The molecule has 2 aromatic carbocycles. The molecule has 0 spiro atoms. The predicted octanol–water partition coefficient (Wildman–Crippen LogP) is 4.43. The number of fused-ring (bicyclic) bond motifs is 1. The molecule has 0 radical (unpaired) electrons. The molecule has 5 nitrogen and oxygen atoms in total. The first-order valence-electron chi connectivity index (χ1n) is 9.44. The third-order valence-electron chi connectivity index (χ3n) is 4.79. The molecule has 1 aliphatic heterocycles. The molecule has 1 fully saturated rings. The molecule has 2 heterocycles. The van der Waals surface area contributed by atoms with E-state index in [4.69, 9.17) is 9.72 Å². The summed E-state index contributed by atoms with van der Waals surface area (Å²) in [7, 11) is 0. The molecule has 146 valence electrons. The maximum Gasteiger partial charge on any atom is 0.260 e. The number of hydrogen-bond donors (Lipinski definition) is 0. The fourth-order valence-corrected chi connectivity index (χ4v) is 4.70. The van der Waals surface area contributed by atoms with E-state index in [1.165, 1.54) is 0 Å². The molecule has 0 N–H and O–H groups in total. The Morgan fingerprint density at radius 1 is 1.18 bits per heavy atom. The van der Waals surface area contributed by atoms with E-state index in [-0.39, 0.29) is 5.91 Å². The van der Waals surface area contributed by atoms with Gasteiger partial charge in [0, 0.05) is 36.2 Å². The van der Waals surface area contributed by atoms with Crippen molar-refractivity contribution >= 4 is 48.5 Å². The second-order valence-corrected chi connectivity index (χ2v) is 8.66. The highest BCUT2D eigenvalue weighted by atomic mass is 79.9. The summed E-state index contributed by atoms with van der Waals surface area (Å²) in [5, 5.41) is 0.758. The minimum absolute atomic E-state index is 0.0117. The summed E-state index contributed by atoms with van der Waals surface area (Å²) < 4.78 is 7.41. The van der Waals surface area contributed by atoms with Crippen LogP contribution in [0.3, 0.4) is 0 Å². The van der Waals surface area contributed by atoms with Crippen molar-refractivity contribution in [3.8, 4) is 0 Å². The maximum absolute atomic E-state index is 13.3. The van der Waals surface area contributed by atoms with E-state index in [0.29, 0.717) is 12.1 Å². The largest absolute Gasteiger partial charge is 0.379 e. The Kier molecular flexibility index (Phi) is 6.36. The average molecular weight is 460 g/mol. The quantitative estimate of drug-likeness (QED) is 0.546. The third-order valence-corrected chi connectivity index (χ3v) is 6.34. The second kappa shape index (κ2) is 9.13. The Labute approximate surface area is 177 Å². The monoisotopic (exact) mass is 459 g/mol. The van der Waals surface area contributed by atoms with Gasteiger partial charge in [-0.25, -0.2) is 4.98 Å². The summed E-state index contributed by atoms with van der Waals surface area (Å²) in [5.74, 6) is -0.0117. The Morgan fingerprint density at radius 2 is 2.00 bits per heavy atom. The normalized spacial score (nSPS) is 15.0. The number of para-hydroxylation sites is 1. The van der Waals surface area contributed by atoms with Crippen molar-refractivity contribution in [2.24, 2.45) is 0 Å². The van der Waals surface area contributed by atoms with Crippen LogP contribution in [0.4, 0.5) is 5.13 Å². The summed E-state index contributed by atoms with van der Waals surface area (Å²) >= 11 is 5.03. The van der Waals surface area contributed by atoms with Gasteiger partial charge in [0.15, 0.2) is 5.13 Å². The summed E-state index contributed by atoms with van der Waals surface area (Å²) in [6.07, 6.45) is 0.898. The van der Waals surface area contributed by atoms with Gasteiger partial charge in [0.1, 0.15) is 0 Å². The fourth-order valence-electron chi connectivity index (χ4n) is 3.31. The number of benzene rings is 2. The highest BCUT2D eigenvalue weighted by molar-refractivity contribution is 9.10. The van der Waals surface area contributed by atoms with Crippen LogP contribution in [0, 0.1) is 0 Å². The topological polar surface area (TPSA) is 45.7 Å². The first-order valence-corrected chi connectivity index (χ1v) is 11.0. The van der Waals surface area contributed by atoms with Crippen LogP contribution in [0.25, 0.3) is 10.2 Å². The Bertz CT molecular complexity index is 922. The lowest BCUT2D eigenvalue weighted by atomic mass is 10.2. The van der Waals surface area contributed by atoms with Crippen LogP contribution < -0.4 is 4.90 Å². The van der Waals surface area contributed by atoms with Gasteiger partial charge >= 0.3 is 0 Å². The van der Waals surface area contributed by atoms with Crippen molar-refractivity contribution in [3.63, 3.8) is 0 Å². The van der Waals surface area contributed by atoms with Gasteiger partial charge < -0.3 is 4.74 Å². The number of carbonyl (C=O) groups excluding carboxylic acids is 1. The highest BCUT2D eigenvalue weighted by Crippen LogP contribution is 2.30. The Morgan fingerprint density at radius 3 is 2.79 bits per heavy atom. The lowest BCUT2D eigenvalue weighted by molar-refractivity contribution is 0.0376. The van der Waals surface area contributed by atoms with Crippen LogP contribution in [-0.2, 0) is 4.74 Å². The van der Waals surface area contributed by atoms with Crippen LogP contribution in [0.5, 0.6) is 0 Å². The van der Waals surface area contributed by atoms with Gasteiger partial charge in [-0.05, 0) is 36.8 Å². The smallest absolute Gasteiger partial charge is 0.260 e. The van der Waals surface area contributed by atoms with Crippen LogP contribution >= 0.6 is 27.3 Å². The zero-order valence-electron chi connectivity index (χ0n) is 15.5. The molecule has 0 aliphatic carbocycles. The number of halogens is 1. The fraction of sp³-hybridized carbons (Fsp3) is 0.333. The van der Waals surface area contributed by atoms with Crippen molar-refractivity contribution in [2.45, 2.75) is 6.42 Å². The first-order chi connectivity index (χ1) is 13.7. The number of thiazole rings is 1. The summed E-state index contributed by atoms with van der Waals surface area (Å²) in [4.78, 5) is 22.2. The highest BCUT2D eigenvalue weighted by Gasteiger charge is 2.22. The van der Waals surface area contributed by atoms with Crippen LogP contribution in [-0.4, -0.2) is 55.2 Å². The van der Waals surface area contributed by atoms with Crippen molar-refractivity contribution in [1.29, 1.82) is 0 Å². The molecular formula is C21H22BrN3O2S. The number of amides is 1. The van der Waals surface area contributed by atoms with Gasteiger partial charge in [-0.1, -0.05) is 45.5 Å². The van der Waals surface area contributed by atoms with Crippen LogP contribution in [0.2, 0.25) is 0 Å². The third kappa shape index (κ3) is 4.60. The second-order valence-electron chi connectivity index (χ2n) is 6.74. The zero-order valence-corrected chi connectivity index (χ0v) is 17.9. The van der Waals surface area contributed by atoms with Crippen LogP contribution in [0.1, 0.15) is 16.8 Å². The number of carbonyl (C=O) groups is 1. The van der Waals surface area contributed by atoms with Crippen molar-refractivity contribution < 1.29 is 9.53 Å². The van der Waals surface area contributed by atoms with E-state index in [2.05, 4.69) is 20.8 Å². The summed E-state index contributed by atoms with van der Waals surface area (Å²) in [6, 6.07) is 15.6. The number of morpholine rings is 1. The Balaban J connectivity index is 1.55. The number of aromatic nitrogens is 1. The van der Waals surface area contributed by atoms with Crippen molar-refractivity contribution in [1.82, 2.24) is 9.88 Å².